The topological polar surface area (TPSA) is 75.7 Å². The molecule has 1 heterocycles. The van der Waals surface area contributed by atoms with Gasteiger partial charge < -0.3 is 10.1 Å². The van der Waals surface area contributed by atoms with Crippen LogP contribution >= 0.6 is 0 Å². The lowest BCUT2D eigenvalue weighted by atomic mass is 9.95. The zero-order valence-corrected chi connectivity index (χ0v) is 16.5. The number of nitrogens with zero attached hydrogens (tertiary/aromatic N) is 1. The van der Waals surface area contributed by atoms with Crippen molar-refractivity contribution >= 4 is 15.9 Å². The molecule has 0 aliphatic carbocycles. The summed E-state index contributed by atoms with van der Waals surface area (Å²) >= 11 is 0. The average Bonchev–Trinajstić information content (AvgIpc) is 2.59. The molecule has 26 heavy (non-hydrogen) atoms. The summed E-state index contributed by atoms with van der Waals surface area (Å²) in [6, 6.07) is 3.40. The molecule has 0 saturated carbocycles. The number of methoxy groups -OCH3 is 1. The van der Waals surface area contributed by atoms with Crippen molar-refractivity contribution in [3.05, 3.63) is 24.0 Å². The van der Waals surface area contributed by atoms with E-state index in [1.54, 1.807) is 0 Å². The number of piperidine rings is 1. The van der Waals surface area contributed by atoms with Crippen molar-refractivity contribution in [2.45, 2.75) is 38.5 Å². The van der Waals surface area contributed by atoms with Crippen molar-refractivity contribution in [1.82, 2.24) is 9.62 Å². The van der Waals surface area contributed by atoms with Crippen LogP contribution in [-0.4, -0.2) is 45.4 Å². The van der Waals surface area contributed by atoms with Crippen LogP contribution in [0.1, 0.15) is 33.6 Å². The molecule has 1 amide bonds. The lowest BCUT2D eigenvalue weighted by Gasteiger charge is -2.32. The minimum absolute atomic E-state index is 0.0506. The fraction of sp³-hybridized carbons (Fsp3) is 0.611. The average molecular weight is 386 g/mol. The van der Waals surface area contributed by atoms with E-state index in [9.17, 15) is 17.6 Å². The van der Waals surface area contributed by atoms with E-state index in [2.05, 4.69) is 5.32 Å². The fourth-order valence-corrected chi connectivity index (χ4v) is 4.55. The largest absolute Gasteiger partial charge is 0.495 e. The first kappa shape index (κ1) is 20.6. The van der Waals surface area contributed by atoms with Crippen LogP contribution in [0.25, 0.3) is 0 Å². The van der Waals surface area contributed by atoms with E-state index in [0.717, 1.165) is 12.1 Å². The minimum Gasteiger partial charge on any atom is -0.495 e. The number of benzene rings is 1. The van der Waals surface area contributed by atoms with E-state index in [0.29, 0.717) is 25.9 Å². The smallest absolute Gasteiger partial charge is 0.246 e. The number of amides is 1. The van der Waals surface area contributed by atoms with E-state index >= 15 is 0 Å². The molecular formula is C18H27FN2O4S. The maximum Gasteiger partial charge on any atom is 0.246 e. The maximum absolute atomic E-state index is 13.6. The second-order valence-electron chi connectivity index (χ2n) is 7.78. The zero-order chi connectivity index (χ0) is 19.5. The number of hydrogen-bond acceptors (Lipinski definition) is 4. The standard InChI is InChI=1S/C18H27FN2O4S/c1-18(2,3)12-20-17(22)13-6-5-9-21(11-13)26(23,24)16-10-14(19)7-8-15(16)25-4/h7-8,10,13H,5-6,9,11-12H2,1-4H3,(H,20,22). The molecule has 1 aromatic carbocycles. The van der Waals surface area contributed by atoms with Crippen LogP contribution < -0.4 is 10.1 Å². The second-order valence-corrected chi connectivity index (χ2v) is 9.68. The van der Waals surface area contributed by atoms with Gasteiger partial charge in [0.15, 0.2) is 0 Å². The van der Waals surface area contributed by atoms with Crippen LogP contribution in [0.5, 0.6) is 5.75 Å². The van der Waals surface area contributed by atoms with Gasteiger partial charge in [-0.25, -0.2) is 12.8 Å². The van der Waals surface area contributed by atoms with Crippen LogP contribution in [0.2, 0.25) is 0 Å². The van der Waals surface area contributed by atoms with Crippen LogP contribution in [-0.2, 0) is 14.8 Å². The summed E-state index contributed by atoms with van der Waals surface area (Å²) in [5, 5.41) is 2.89. The first-order valence-corrected chi connectivity index (χ1v) is 10.1. The number of halogens is 1. The molecule has 2 rings (SSSR count). The quantitative estimate of drug-likeness (QED) is 0.843. The Morgan fingerprint density at radius 3 is 2.69 bits per heavy atom. The van der Waals surface area contributed by atoms with Crippen molar-refractivity contribution in [2.75, 3.05) is 26.7 Å². The first-order valence-electron chi connectivity index (χ1n) is 8.66. The lowest BCUT2D eigenvalue weighted by Crippen LogP contribution is -2.46. The first-order chi connectivity index (χ1) is 12.0. The molecule has 0 spiro atoms. The number of rotatable bonds is 5. The number of sulfonamides is 1. The molecule has 1 aliphatic heterocycles. The predicted octanol–water partition coefficient (Wildman–Crippen LogP) is 2.40. The lowest BCUT2D eigenvalue weighted by molar-refractivity contribution is -0.126. The fourth-order valence-electron chi connectivity index (χ4n) is 2.86. The molecule has 1 aromatic rings. The highest BCUT2D eigenvalue weighted by molar-refractivity contribution is 7.89. The maximum atomic E-state index is 13.6. The van der Waals surface area contributed by atoms with Gasteiger partial charge in [0.1, 0.15) is 16.5 Å². The summed E-state index contributed by atoms with van der Waals surface area (Å²) in [5.41, 5.74) is -0.0506. The van der Waals surface area contributed by atoms with Gasteiger partial charge in [-0.2, -0.15) is 4.31 Å². The summed E-state index contributed by atoms with van der Waals surface area (Å²) in [4.78, 5) is 12.2. The molecule has 1 saturated heterocycles. The Balaban J connectivity index is 2.18. The second kappa shape index (κ2) is 7.92. The van der Waals surface area contributed by atoms with E-state index in [1.807, 2.05) is 20.8 Å². The number of hydrogen-bond donors (Lipinski definition) is 1. The number of carbonyl (C=O) groups excluding carboxylic acids is 1. The van der Waals surface area contributed by atoms with Crippen molar-refractivity contribution in [2.24, 2.45) is 11.3 Å². The molecule has 1 unspecified atom stereocenters. The highest BCUT2D eigenvalue weighted by atomic mass is 32.2. The van der Waals surface area contributed by atoms with E-state index in [4.69, 9.17) is 4.74 Å². The van der Waals surface area contributed by atoms with Gasteiger partial charge in [0.25, 0.3) is 0 Å². The van der Waals surface area contributed by atoms with Gasteiger partial charge in [-0.15, -0.1) is 0 Å². The van der Waals surface area contributed by atoms with Gasteiger partial charge in [0, 0.05) is 19.6 Å². The van der Waals surface area contributed by atoms with Gasteiger partial charge in [-0.1, -0.05) is 20.8 Å². The number of carbonyl (C=O) groups is 1. The molecule has 0 aromatic heterocycles. The van der Waals surface area contributed by atoms with Gasteiger partial charge in [0.2, 0.25) is 15.9 Å². The molecule has 1 fully saturated rings. The third-order valence-electron chi connectivity index (χ3n) is 4.29. The summed E-state index contributed by atoms with van der Waals surface area (Å²) < 4.78 is 45.8. The van der Waals surface area contributed by atoms with Crippen molar-refractivity contribution in [3.8, 4) is 5.75 Å². The Hall–Kier alpha value is -1.67. The van der Waals surface area contributed by atoms with Gasteiger partial charge >= 0.3 is 0 Å². The molecule has 0 bridgehead atoms. The molecular weight excluding hydrogens is 359 g/mol. The molecule has 0 radical (unpaired) electrons. The predicted molar refractivity (Wildman–Crippen MR) is 96.9 cm³/mol. The van der Waals surface area contributed by atoms with Gasteiger partial charge in [-0.05, 0) is 36.5 Å². The Bertz CT molecular complexity index is 759. The van der Waals surface area contributed by atoms with Crippen LogP contribution in [0.4, 0.5) is 4.39 Å². The summed E-state index contributed by atoms with van der Waals surface area (Å²) in [7, 11) is -2.61. The van der Waals surface area contributed by atoms with Gasteiger partial charge in [-0.3, -0.25) is 4.79 Å². The van der Waals surface area contributed by atoms with Crippen LogP contribution in [0.3, 0.4) is 0 Å². The Kier molecular flexibility index (Phi) is 6.29. The number of nitrogens with one attached hydrogen (secondary N) is 1. The molecule has 1 atom stereocenters. The zero-order valence-electron chi connectivity index (χ0n) is 15.7. The Morgan fingerprint density at radius 2 is 2.08 bits per heavy atom. The normalized spacial score (nSPS) is 19.2. The summed E-state index contributed by atoms with van der Waals surface area (Å²) in [6.45, 7) is 6.94. The van der Waals surface area contributed by atoms with E-state index < -0.39 is 21.8 Å². The molecule has 8 heteroatoms. The SMILES string of the molecule is COc1ccc(F)cc1S(=O)(=O)N1CCCC(C(=O)NCC(C)(C)C)C1. The van der Waals surface area contributed by atoms with Crippen LogP contribution in [0.15, 0.2) is 23.1 Å². The highest BCUT2D eigenvalue weighted by Gasteiger charge is 2.35. The Morgan fingerprint density at radius 1 is 1.38 bits per heavy atom. The summed E-state index contributed by atoms with van der Waals surface area (Å²) in [6.07, 6.45) is 1.20. The molecule has 146 valence electrons. The van der Waals surface area contributed by atoms with Crippen molar-refractivity contribution in [3.63, 3.8) is 0 Å². The molecule has 1 aliphatic rings. The molecule has 1 N–H and O–H groups in total. The van der Waals surface area contributed by atoms with E-state index in [-0.39, 0.29) is 28.5 Å². The van der Waals surface area contributed by atoms with Gasteiger partial charge in [0.05, 0.1) is 13.0 Å². The third-order valence-corrected chi connectivity index (χ3v) is 6.18. The molecule has 6 nitrogen and oxygen atoms in total. The monoisotopic (exact) mass is 386 g/mol. The summed E-state index contributed by atoms with van der Waals surface area (Å²) in [5.74, 6) is -1.13. The third kappa shape index (κ3) is 4.94. The highest BCUT2D eigenvalue weighted by Crippen LogP contribution is 2.30. The minimum atomic E-state index is -3.95. The van der Waals surface area contributed by atoms with E-state index in [1.165, 1.54) is 17.5 Å². The van der Waals surface area contributed by atoms with Crippen LogP contribution in [0, 0.1) is 17.2 Å². The van der Waals surface area contributed by atoms with Crippen molar-refractivity contribution in [1.29, 1.82) is 0 Å². The Labute approximate surface area is 154 Å². The number of ether oxygens (including phenoxy) is 1. The van der Waals surface area contributed by atoms with Crippen molar-refractivity contribution < 1.29 is 22.3 Å².